The summed E-state index contributed by atoms with van der Waals surface area (Å²) in [5, 5.41) is 5.61. The van der Waals surface area contributed by atoms with Crippen LogP contribution in [-0.4, -0.2) is 12.7 Å². The highest BCUT2D eigenvalue weighted by Gasteiger charge is 2.39. The third kappa shape index (κ3) is 3.09. The van der Waals surface area contributed by atoms with E-state index < -0.39 is 16.2 Å². The first kappa shape index (κ1) is 17.9. The van der Waals surface area contributed by atoms with E-state index in [-0.39, 0.29) is 0 Å². The Labute approximate surface area is 170 Å². The van der Waals surface area contributed by atoms with Crippen molar-refractivity contribution in [2.45, 2.75) is 17.6 Å². The van der Waals surface area contributed by atoms with Crippen LogP contribution in [0.4, 0.5) is 5.69 Å². The predicted octanol–water partition coefficient (Wildman–Crippen LogP) is 5.16. The Balaban J connectivity index is 1.71. The van der Waals surface area contributed by atoms with Crippen LogP contribution in [0.5, 0.6) is 0 Å². The van der Waals surface area contributed by atoms with Crippen molar-refractivity contribution in [1.82, 2.24) is 4.31 Å². The quantitative estimate of drug-likeness (QED) is 0.517. The van der Waals surface area contributed by atoms with Crippen LogP contribution in [0.25, 0.3) is 10.8 Å². The summed E-state index contributed by atoms with van der Waals surface area (Å²) in [5.74, 6) is 0. The van der Waals surface area contributed by atoms with Crippen molar-refractivity contribution < 1.29 is 8.42 Å². The summed E-state index contributed by atoms with van der Waals surface area (Å²) in [4.78, 5) is 0.312. The van der Waals surface area contributed by atoms with Crippen molar-refractivity contribution in [3.05, 3.63) is 108 Å². The Morgan fingerprint density at radius 2 is 1.45 bits per heavy atom. The highest BCUT2D eigenvalue weighted by molar-refractivity contribution is 7.89. The Hall–Kier alpha value is -3.15. The minimum Gasteiger partial charge on any atom is -0.364 e. The Morgan fingerprint density at radius 3 is 2.31 bits per heavy atom. The van der Waals surface area contributed by atoms with E-state index in [1.807, 2.05) is 84.9 Å². The molecule has 0 bridgehead atoms. The van der Waals surface area contributed by atoms with Gasteiger partial charge in [-0.3, -0.25) is 0 Å². The average molecular weight is 401 g/mol. The molecule has 144 valence electrons. The van der Waals surface area contributed by atoms with Crippen LogP contribution in [0, 0.1) is 0 Å². The van der Waals surface area contributed by atoms with E-state index in [1.165, 1.54) is 0 Å². The second-order valence-electron chi connectivity index (χ2n) is 7.15. The Morgan fingerprint density at radius 1 is 0.759 bits per heavy atom. The van der Waals surface area contributed by atoms with E-state index in [1.54, 1.807) is 16.4 Å². The van der Waals surface area contributed by atoms with Crippen LogP contribution in [-0.2, 0) is 16.6 Å². The minimum absolute atomic E-state index is 0.290. The molecule has 0 spiro atoms. The van der Waals surface area contributed by atoms with E-state index >= 15 is 0 Å². The first-order chi connectivity index (χ1) is 14.1. The minimum atomic E-state index is -3.68. The molecule has 4 aromatic rings. The zero-order valence-corrected chi connectivity index (χ0v) is 16.5. The van der Waals surface area contributed by atoms with Gasteiger partial charge in [-0.05, 0) is 34.0 Å². The summed E-state index contributed by atoms with van der Waals surface area (Å²) in [6.45, 7) is 0.290. The fourth-order valence-electron chi connectivity index (χ4n) is 3.96. The van der Waals surface area contributed by atoms with Gasteiger partial charge in [0.2, 0.25) is 10.0 Å². The molecule has 0 aromatic heterocycles. The number of nitrogens with zero attached hydrogens (tertiary/aromatic N) is 1. The number of hydrogen-bond acceptors (Lipinski definition) is 3. The van der Waals surface area contributed by atoms with Gasteiger partial charge >= 0.3 is 0 Å². The maximum Gasteiger partial charge on any atom is 0.247 e. The van der Waals surface area contributed by atoms with Gasteiger partial charge in [-0.1, -0.05) is 84.9 Å². The lowest BCUT2D eigenvalue weighted by molar-refractivity contribution is 0.337. The topological polar surface area (TPSA) is 49.4 Å². The van der Waals surface area contributed by atoms with Crippen LogP contribution >= 0.6 is 0 Å². The van der Waals surface area contributed by atoms with Crippen molar-refractivity contribution in [1.29, 1.82) is 0 Å². The largest absolute Gasteiger partial charge is 0.364 e. The van der Waals surface area contributed by atoms with Crippen LogP contribution in [0.3, 0.4) is 0 Å². The van der Waals surface area contributed by atoms with Gasteiger partial charge in [0.25, 0.3) is 0 Å². The molecule has 1 N–H and O–H groups in total. The number of nitrogens with one attached hydrogen (secondary N) is 1. The first-order valence-electron chi connectivity index (χ1n) is 9.53. The number of para-hydroxylation sites is 1. The SMILES string of the molecule is O=S1(=O)c2ccccc2N[C@@H](c2cccc3ccccc23)N1Cc1ccccc1. The van der Waals surface area contributed by atoms with E-state index in [0.29, 0.717) is 17.1 Å². The smallest absolute Gasteiger partial charge is 0.247 e. The lowest BCUT2D eigenvalue weighted by Crippen LogP contribution is -2.42. The molecule has 0 aliphatic carbocycles. The summed E-state index contributed by atoms with van der Waals surface area (Å²) >= 11 is 0. The Kier molecular flexibility index (Phi) is 4.34. The predicted molar refractivity (Wildman–Crippen MR) is 116 cm³/mol. The zero-order valence-electron chi connectivity index (χ0n) is 15.7. The number of hydrogen-bond donors (Lipinski definition) is 1. The van der Waals surface area contributed by atoms with Gasteiger partial charge in [0, 0.05) is 6.54 Å². The van der Waals surface area contributed by atoms with Gasteiger partial charge in [0.05, 0.1) is 5.69 Å². The van der Waals surface area contributed by atoms with Gasteiger partial charge in [-0.25, -0.2) is 8.42 Å². The molecule has 5 heteroatoms. The van der Waals surface area contributed by atoms with Crippen LogP contribution < -0.4 is 5.32 Å². The highest BCUT2D eigenvalue weighted by Crippen LogP contribution is 2.40. The van der Waals surface area contributed by atoms with E-state index in [0.717, 1.165) is 21.9 Å². The molecule has 0 unspecified atom stereocenters. The summed E-state index contributed by atoms with van der Waals surface area (Å²) in [6.07, 6.45) is -0.499. The van der Waals surface area contributed by atoms with E-state index in [4.69, 9.17) is 0 Å². The fourth-order valence-corrected chi connectivity index (χ4v) is 5.63. The number of sulfonamides is 1. The number of benzene rings is 4. The second-order valence-corrected chi connectivity index (χ2v) is 9.01. The third-order valence-electron chi connectivity index (χ3n) is 5.35. The van der Waals surface area contributed by atoms with Crippen molar-refractivity contribution >= 4 is 26.5 Å². The summed E-state index contributed by atoms with van der Waals surface area (Å²) < 4.78 is 28.8. The van der Waals surface area contributed by atoms with Gasteiger partial charge < -0.3 is 5.32 Å². The normalized spacial score (nSPS) is 18.1. The first-order valence-corrected chi connectivity index (χ1v) is 11.0. The lowest BCUT2D eigenvalue weighted by atomic mass is 10.0. The van der Waals surface area contributed by atoms with Gasteiger partial charge in [0.15, 0.2) is 0 Å². The van der Waals surface area contributed by atoms with Gasteiger partial charge in [-0.2, -0.15) is 4.31 Å². The molecule has 0 saturated carbocycles. The number of rotatable bonds is 3. The molecule has 1 aliphatic rings. The second kappa shape index (κ2) is 7.03. The fraction of sp³-hybridized carbons (Fsp3) is 0.0833. The molecule has 4 aromatic carbocycles. The standard InChI is InChI=1S/C24H20N2O2S/c27-29(28)23-16-7-6-15-22(23)25-24(26(29)17-18-9-2-1-3-10-18)21-14-8-12-19-11-4-5-13-20(19)21/h1-16,24-25H,17H2/t24-/m1/s1. The van der Waals surface area contributed by atoms with Gasteiger partial charge in [-0.15, -0.1) is 0 Å². The average Bonchev–Trinajstić information content (AvgIpc) is 2.76. The summed E-state index contributed by atoms with van der Waals surface area (Å²) in [6, 6.07) is 30.9. The van der Waals surface area contributed by atoms with E-state index in [9.17, 15) is 8.42 Å². The molecular weight excluding hydrogens is 380 g/mol. The molecule has 0 radical (unpaired) electrons. The number of anilines is 1. The van der Waals surface area contributed by atoms with Gasteiger partial charge in [0.1, 0.15) is 11.1 Å². The van der Waals surface area contributed by atoms with Crippen LogP contribution in [0.15, 0.2) is 102 Å². The van der Waals surface area contributed by atoms with Crippen molar-refractivity contribution in [3.63, 3.8) is 0 Å². The molecule has 0 fully saturated rings. The number of fused-ring (bicyclic) bond motifs is 2. The molecule has 29 heavy (non-hydrogen) atoms. The lowest BCUT2D eigenvalue weighted by Gasteiger charge is -2.38. The van der Waals surface area contributed by atoms with Crippen molar-refractivity contribution in [3.8, 4) is 0 Å². The molecule has 5 rings (SSSR count). The highest BCUT2D eigenvalue weighted by atomic mass is 32.2. The van der Waals surface area contributed by atoms with E-state index in [2.05, 4.69) is 5.32 Å². The van der Waals surface area contributed by atoms with Crippen LogP contribution in [0.2, 0.25) is 0 Å². The maximum atomic E-state index is 13.6. The zero-order chi connectivity index (χ0) is 19.8. The monoisotopic (exact) mass is 400 g/mol. The molecule has 1 aliphatic heterocycles. The molecular formula is C24H20N2O2S. The molecule has 4 nitrogen and oxygen atoms in total. The molecule has 1 heterocycles. The molecule has 1 atom stereocenters. The summed E-state index contributed by atoms with van der Waals surface area (Å²) in [5.41, 5.74) is 2.52. The van der Waals surface area contributed by atoms with Crippen molar-refractivity contribution in [2.75, 3.05) is 5.32 Å². The van der Waals surface area contributed by atoms with Crippen LogP contribution in [0.1, 0.15) is 17.3 Å². The molecule has 0 amide bonds. The van der Waals surface area contributed by atoms with Crippen molar-refractivity contribution in [2.24, 2.45) is 0 Å². The Bertz CT molecular complexity index is 1280. The molecule has 0 saturated heterocycles. The summed E-state index contributed by atoms with van der Waals surface area (Å²) in [7, 11) is -3.68. The maximum absolute atomic E-state index is 13.6. The third-order valence-corrected chi connectivity index (χ3v) is 7.22.